The molecule has 2 N–H and O–H groups in total. The van der Waals surface area contributed by atoms with Crippen LogP contribution in [-0.4, -0.2) is 194 Å². The number of rotatable bonds is 14. The van der Waals surface area contributed by atoms with E-state index in [-0.39, 0.29) is 22.9 Å². The third kappa shape index (κ3) is 12.8. The molecule has 0 spiro atoms. The number of nitrogens with one attached hydrogen (secondary N) is 1. The summed E-state index contributed by atoms with van der Waals surface area (Å²) >= 11 is 0. The zero-order valence-corrected chi connectivity index (χ0v) is 48.8. The maximum Gasteiger partial charge on any atom is 0.354 e. The number of aromatic nitrogens is 6. The Labute approximate surface area is 475 Å². The molecule has 6 aromatic rings. The number of hydrogen-bond acceptors (Lipinski definition) is 16. The minimum absolute atomic E-state index is 0.0787. The number of carbonyl (C=O) groups excluding carboxylic acids is 1. The summed E-state index contributed by atoms with van der Waals surface area (Å²) in [7, 11) is -3.92. The molecule has 4 aliphatic heterocycles. The van der Waals surface area contributed by atoms with E-state index in [0.29, 0.717) is 35.2 Å². The van der Waals surface area contributed by atoms with Crippen molar-refractivity contribution in [1.82, 2.24) is 48.4 Å². The van der Waals surface area contributed by atoms with Gasteiger partial charge in [-0.1, -0.05) is 49.2 Å². The quantitative estimate of drug-likeness (QED) is 0.116. The maximum absolute atomic E-state index is 13.6. The van der Waals surface area contributed by atoms with Crippen LogP contribution in [0.25, 0.3) is 33.4 Å². The number of para-hydroxylation sites is 2. The van der Waals surface area contributed by atoms with Crippen molar-refractivity contribution >= 4 is 65.4 Å². The molecule has 436 valence electrons. The molecule has 81 heavy (non-hydrogen) atoms. The highest BCUT2D eigenvalue weighted by Gasteiger charge is 2.36. The third-order valence-corrected chi connectivity index (χ3v) is 20.3. The van der Waals surface area contributed by atoms with E-state index < -0.39 is 31.9 Å². The molecule has 0 bridgehead atoms. The molecule has 23 heteroatoms. The Kier molecular flexibility index (Phi) is 18.4. The smallest absolute Gasteiger partial charge is 0.354 e. The van der Waals surface area contributed by atoms with Gasteiger partial charge in [0, 0.05) is 83.3 Å². The molecule has 4 saturated heterocycles. The summed E-state index contributed by atoms with van der Waals surface area (Å²) in [5, 5.41) is 22.0. The second-order valence-electron chi connectivity index (χ2n) is 21.8. The topological polar surface area (TPSA) is 231 Å². The van der Waals surface area contributed by atoms with E-state index in [4.69, 9.17) is 24.7 Å². The molecule has 2 aliphatic carbocycles. The lowest BCUT2D eigenvalue weighted by Gasteiger charge is -2.41. The van der Waals surface area contributed by atoms with Gasteiger partial charge in [0.2, 0.25) is 20.0 Å². The second-order valence-corrected chi connectivity index (χ2v) is 26.3. The van der Waals surface area contributed by atoms with Crippen molar-refractivity contribution < 1.29 is 41.0 Å². The van der Waals surface area contributed by atoms with E-state index in [1.54, 1.807) is 19.1 Å². The van der Waals surface area contributed by atoms with Gasteiger partial charge in [-0.2, -0.15) is 10.2 Å². The number of ether oxygens (including phenoxy) is 2. The van der Waals surface area contributed by atoms with Gasteiger partial charge in [-0.05, 0) is 109 Å². The molecule has 0 atom stereocenters. The SMILES string of the molecule is CCS(=O)(=O)N(C)C(=O)c1cc(N2CCC(N3CCOCC3)CC2)c2c(C3CCC3)nn(-c3ccccc3)c2n1.CCS(=O)(=O)NC.O=C(O)c1cc(N2CCC(N3CCOCC3)CC2)c2c(C3CCC3)nn(-c3ccccc3)c2n1. The third-order valence-electron chi connectivity index (χ3n) is 17.2. The number of carbonyl (C=O) groups is 2. The zero-order valence-electron chi connectivity index (χ0n) is 47.2. The predicted octanol–water partition coefficient (Wildman–Crippen LogP) is 6.65. The number of amides is 1. The number of pyridine rings is 2. The van der Waals surface area contributed by atoms with Gasteiger partial charge in [-0.3, -0.25) is 14.6 Å². The minimum Gasteiger partial charge on any atom is -0.477 e. The molecule has 21 nitrogen and oxygen atoms in total. The minimum atomic E-state index is -3.73. The van der Waals surface area contributed by atoms with Crippen LogP contribution in [0.5, 0.6) is 0 Å². The van der Waals surface area contributed by atoms with Crippen molar-refractivity contribution in [3.8, 4) is 11.4 Å². The number of carboxylic acid groups (broad SMARTS) is 1. The van der Waals surface area contributed by atoms with Gasteiger partial charge >= 0.3 is 5.97 Å². The van der Waals surface area contributed by atoms with Crippen LogP contribution in [0.15, 0.2) is 72.8 Å². The number of aromatic carboxylic acids is 1. The van der Waals surface area contributed by atoms with Crippen LogP contribution in [0.3, 0.4) is 0 Å². The molecule has 0 radical (unpaired) electrons. The molecule has 0 unspecified atom stereocenters. The molecule has 8 heterocycles. The first-order chi connectivity index (χ1) is 39.2. The standard InChI is InChI=1S/C29H38N6O4S.C26H31N5O3.C3H9NO2S/c1-3-40(37,38)32(2)29(36)24-20-25(34-14-12-22(13-15-34)33-16-18-39-19-17-33)26-27(21-8-7-9-21)31-35(28(26)30-24)23-10-5-4-6-11-23;32-26(33)21-17-22(30-11-9-19(10-12-30)29-13-15-34-16-14-29)23-24(18-5-4-6-18)28-31(25(23)27-21)20-7-2-1-3-8-20;1-3-7(5,6)4-2/h4-6,10-11,20-22H,3,7-9,12-19H2,1-2H3;1-3,7-8,17-19H,4-6,9-16H2,(H,32,33);4H,3H2,1-2H3. The van der Waals surface area contributed by atoms with E-state index in [0.717, 1.165) is 179 Å². The highest BCUT2D eigenvalue weighted by atomic mass is 32.2. The molecule has 2 aromatic carbocycles. The first kappa shape index (κ1) is 58.1. The van der Waals surface area contributed by atoms with Crippen molar-refractivity contribution in [2.75, 3.05) is 114 Å². The van der Waals surface area contributed by atoms with E-state index in [2.05, 4.69) is 29.3 Å². The largest absolute Gasteiger partial charge is 0.477 e. The number of carboxylic acids is 1. The predicted molar refractivity (Wildman–Crippen MR) is 313 cm³/mol. The molecule has 6 aliphatic rings. The van der Waals surface area contributed by atoms with Gasteiger partial charge in [-0.25, -0.2) is 50.0 Å². The van der Waals surface area contributed by atoms with Crippen LogP contribution in [-0.2, 0) is 29.5 Å². The monoisotopic (exact) mass is 1150 g/mol. The molecule has 6 fully saturated rings. The van der Waals surface area contributed by atoms with Crippen molar-refractivity contribution in [2.45, 2.75) is 102 Å². The number of fused-ring (bicyclic) bond motifs is 2. The van der Waals surface area contributed by atoms with Crippen LogP contribution in [0.4, 0.5) is 11.4 Å². The summed E-state index contributed by atoms with van der Waals surface area (Å²) in [5.41, 5.74) is 7.23. The lowest BCUT2D eigenvalue weighted by atomic mass is 9.82. The summed E-state index contributed by atoms with van der Waals surface area (Å²) in [5.74, 6) is -0.869. The fourth-order valence-corrected chi connectivity index (χ4v) is 12.9. The maximum atomic E-state index is 13.6. The number of benzene rings is 2. The van der Waals surface area contributed by atoms with Crippen molar-refractivity contribution in [3.05, 3.63) is 95.6 Å². The Balaban J connectivity index is 0.000000164. The fourth-order valence-electron chi connectivity index (χ4n) is 11.9. The molecule has 4 aromatic heterocycles. The van der Waals surface area contributed by atoms with Gasteiger partial charge < -0.3 is 24.4 Å². The summed E-state index contributed by atoms with van der Waals surface area (Å²) in [6, 6.07) is 24.4. The van der Waals surface area contributed by atoms with E-state index in [1.807, 2.05) is 70.0 Å². The normalized spacial score (nSPS) is 19.3. The van der Waals surface area contributed by atoms with Crippen LogP contribution in [0, 0.1) is 0 Å². The first-order valence-corrected chi connectivity index (χ1v) is 32.2. The summed E-state index contributed by atoms with van der Waals surface area (Å²) in [6.45, 7) is 13.8. The van der Waals surface area contributed by atoms with Crippen molar-refractivity contribution in [2.24, 2.45) is 0 Å². The van der Waals surface area contributed by atoms with Gasteiger partial charge in [0.15, 0.2) is 17.0 Å². The van der Waals surface area contributed by atoms with Crippen LogP contribution < -0.4 is 14.5 Å². The lowest BCUT2D eigenvalue weighted by Crippen LogP contribution is -2.49. The molecule has 12 rings (SSSR count). The van der Waals surface area contributed by atoms with Crippen molar-refractivity contribution in [1.29, 1.82) is 0 Å². The molecule has 2 saturated carbocycles. The van der Waals surface area contributed by atoms with Crippen molar-refractivity contribution in [3.63, 3.8) is 0 Å². The zero-order chi connectivity index (χ0) is 56.8. The average molecular weight is 1150 g/mol. The highest BCUT2D eigenvalue weighted by Crippen LogP contribution is 2.45. The Hall–Kier alpha value is -6.08. The number of piperidine rings is 2. The molecule has 1 amide bonds. The number of morpholine rings is 2. The number of sulfonamides is 2. The Bertz CT molecular complexity index is 3350. The number of nitrogens with zero attached hydrogens (tertiary/aromatic N) is 11. The van der Waals surface area contributed by atoms with Crippen LogP contribution in [0.1, 0.15) is 122 Å². The van der Waals surface area contributed by atoms with Gasteiger partial charge in [0.05, 0.1) is 82.8 Å². The van der Waals surface area contributed by atoms with Gasteiger partial charge in [0.1, 0.15) is 5.69 Å². The van der Waals surface area contributed by atoms with Gasteiger partial charge in [-0.15, -0.1) is 0 Å². The molecular formula is C58H78N12O9S2. The Morgan fingerprint density at radius 3 is 1.36 bits per heavy atom. The first-order valence-electron chi connectivity index (χ1n) is 29.0. The van der Waals surface area contributed by atoms with E-state index >= 15 is 0 Å². The summed E-state index contributed by atoms with van der Waals surface area (Å²) in [4.78, 5) is 44.9. The summed E-state index contributed by atoms with van der Waals surface area (Å²) < 4.78 is 63.5. The lowest BCUT2D eigenvalue weighted by molar-refractivity contribution is 0.0115. The number of anilines is 2. The number of hydrogen-bond donors (Lipinski definition) is 2. The van der Waals surface area contributed by atoms with E-state index in [1.165, 1.54) is 33.9 Å². The highest BCUT2D eigenvalue weighted by molar-refractivity contribution is 7.89. The van der Waals surface area contributed by atoms with Gasteiger partial charge in [0.25, 0.3) is 5.91 Å². The summed E-state index contributed by atoms with van der Waals surface area (Å²) in [6.07, 6.45) is 11.0. The van der Waals surface area contributed by atoms with E-state index in [9.17, 15) is 31.5 Å². The Morgan fingerprint density at radius 1 is 0.605 bits per heavy atom. The Morgan fingerprint density at radius 2 is 1.01 bits per heavy atom. The van der Waals surface area contributed by atoms with Crippen LogP contribution >= 0.6 is 0 Å². The second kappa shape index (κ2) is 25.6. The fraction of sp³-hybridized carbons (Fsp3) is 0.552. The molecular weight excluding hydrogens is 1070 g/mol. The van der Waals surface area contributed by atoms with Crippen LogP contribution in [0.2, 0.25) is 0 Å². The average Bonchev–Trinajstić information content (AvgIpc) is 4.08.